The summed E-state index contributed by atoms with van der Waals surface area (Å²) in [6.45, 7) is 3.56. The van der Waals surface area contributed by atoms with Gasteiger partial charge in [0.15, 0.2) is 0 Å². The fourth-order valence-electron chi connectivity index (χ4n) is 3.83. The Hall–Kier alpha value is -2.57. The molecule has 192 valence electrons. The number of hydrogen-bond donors (Lipinski definition) is 5. The molecule has 0 radical (unpaired) electrons. The van der Waals surface area contributed by atoms with E-state index in [1.165, 1.54) is 31.0 Å². The standard InChI is InChI=1S/C23H37N3O8/c1-7-17-19(22(32)25(4)8-15(29)10-27)13(2)21(24-18(31)12-34-6)14(3)20(17)23(33)26(5)9-16(30)11-28/h15-16,27-30H,7-12H2,1-6H3,(H,24,31). The van der Waals surface area contributed by atoms with E-state index in [1.807, 2.05) is 0 Å². The first-order chi connectivity index (χ1) is 15.9. The molecule has 2 unspecified atom stereocenters. The number of nitrogens with zero attached hydrogens (tertiary/aromatic N) is 2. The van der Waals surface area contributed by atoms with Gasteiger partial charge in [-0.15, -0.1) is 0 Å². The van der Waals surface area contributed by atoms with Gasteiger partial charge in [-0.1, -0.05) is 6.92 Å². The summed E-state index contributed by atoms with van der Waals surface area (Å²) in [5.41, 5.74) is 2.04. The molecule has 1 aromatic carbocycles. The van der Waals surface area contributed by atoms with Crippen LogP contribution in [-0.4, -0.2) is 114 Å². The fourth-order valence-corrected chi connectivity index (χ4v) is 3.83. The number of carbonyl (C=O) groups excluding carboxylic acids is 3. The van der Waals surface area contributed by atoms with E-state index in [-0.39, 0.29) is 36.5 Å². The van der Waals surface area contributed by atoms with Crippen LogP contribution in [0.2, 0.25) is 0 Å². The second kappa shape index (κ2) is 13.4. The van der Waals surface area contributed by atoms with Crippen LogP contribution in [0.1, 0.15) is 44.3 Å². The number of aliphatic hydroxyl groups is 4. The molecule has 5 N–H and O–H groups in total. The van der Waals surface area contributed by atoms with Gasteiger partial charge < -0.3 is 40.3 Å². The Kier molecular flexibility index (Phi) is 11.6. The SMILES string of the molecule is CCc1c(C(=O)N(C)CC(O)CO)c(C)c(NC(=O)COC)c(C)c1C(=O)N(C)CC(O)CO. The molecular formula is C23H37N3O8. The van der Waals surface area contributed by atoms with E-state index in [2.05, 4.69) is 5.32 Å². The average molecular weight is 484 g/mol. The van der Waals surface area contributed by atoms with Crippen molar-refractivity contribution in [1.29, 1.82) is 0 Å². The van der Waals surface area contributed by atoms with Gasteiger partial charge in [-0.05, 0) is 37.0 Å². The highest BCUT2D eigenvalue weighted by Crippen LogP contribution is 2.34. The summed E-state index contributed by atoms with van der Waals surface area (Å²) in [6.07, 6.45) is -1.97. The van der Waals surface area contributed by atoms with E-state index in [0.29, 0.717) is 23.1 Å². The predicted molar refractivity (Wildman–Crippen MR) is 126 cm³/mol. The van der Waals surface area contributed by atoms with Crippen LogP contribution in [0.15, 0.2) is 0 Å². The third kappa shape index (κ3) is 6.97. The van der Waals surface area contributed by atoms with E-state index >= 15 is 0 Å². The van der Waals surface area contributed by atoms with E-state index < -0.39 is 43.1 Å². The molecule has 0 aliphatic carbocycles. The van der Waals surface area contributed by atoms with Crippen LogP contribution in [0.25, 0.3) is 0 Å². The number of aliphatic hydroxyl groups excluding tert-OH is 4. The number of carbonyl (C=O) groups is 3. The van der Waals surface area contributed by atoms with E-state index in [9.17, 15) is 24.6 Å². The van der Waals surface area contributed by atoms with Crippen LogP contribution < -0.4 is 5.32 Å². The number of benzene rings is 1. The van der Waals surface area contributed by atoms with Crippen LogP contribution in [0.5, 0.6) is 0 Å². The maximum Gasteiger partial charge on any atom is 0.254 e. The largest absolute Gasteiger partial charge is 0.394 e. The van der Waals surface area contributed by atoms with Crippen molar-refractivity contribution in [2.75, 3.05) is 59.4 Å². The highest BCUT2D eigenvalue weighted by Gasteiger charge is 2.30. The van der Waals surface area contributed by atoms with Crippen molar-refractivity contribution in [3.63, 3.8) is 0 Å². The van der Waals surface area contributed by atoms with Crippen molar-refractivity contribution in [3.05, 3.63) is 27.8 Å². The number of likely N-dealkylation sites (N-methyl/N-ethyl adjacent to an activating group) is 2. The zero-order valence-electron chi connectivity index (χ0n) is 20.7. The quantitative estimate of drug-likeness (QED) is 0.261. The molecule has 0 saturated carbocycles. The number of nitrogens with one attached hydrogen (secondary N) is 1. The molecule has 2 atom stereocenters. The maximum atomic E-state index is 13.4. The Labute approximate surface area is 199 Å². The van der Waals surface area contributed by atoms with E-state index in [0.717, 1.165) is 0 Å². The molecule has 1 rings (SSSR count). The van der Waals surface area contributed by atoms with Gasteiger partial charge in [0.2, 0.25) is 5.91 Å². The molecule has 0 fully saturated rings. The number of methoxy groups -OCH3 is 1. The zero-order chi connectivity index (χ0) is 26.2. The number of anilines is 1. The van der Waals surface area contributed by atoms with E-state index in [1.54, 1.807) is 20.8 Å². The molecule has 34 heavy (non-hydrogen) atoms. The number of rotatable bonds is 12. The minimum absolute atomic E-state index is 0.136. The van der Waals surface area contributed by atoms with Gasteiger partial charge in [0.05, 0.1) is 25.4 Å². The second-order valence-corrected chi connectivity index (χ2v) is 8.23. The van der Waals surface area contributed by atoms with Crippen molar-refractivity contribution < 1.29 is 39.5 Å². The average Bonchev–Trinajstić information content (AvgIpc) is 2.80. The van der Waals surface area contributed by atoms with Crippen LogP contribution in [0, 0.1) is 13.8 Å². The van der Waals surface area contributed by atoms with Crippen LogP contribution in [0.3, 0.4) is 0 Å². The lowest BCUT2D eigenvalue weighted by Crippen LogP contribution is -2.39. The molecule has 11 heteroatoms. The molecule has 0 bridgehead atoms. The first-order valence-corrected chi connectivity index (χ1v) is 11.0. The third-order valence-corrected chi connectivity index (χ3v) is 5.51. The smallest absolute Gasteiger partial charge is 0.254 e. The van der Waals surface area contributed by atoms with Gasteiger partial charge >= 0.3 is 0 Å². The summed E-state index contributed by atoms with van der Waals surface area (Å²) in [5.74, 6) is -1.45. The molecule has 3 amide bonds. The van der Waals surface area contributed by atoms with Gasteiger partial charge in [0.25, 0.3) is 11.8 Å². The molecule has 0 spiro atoms. The lowest BCUT2D eigenvalue weighted by atomic mass is 9.87. The van der Waals surface area contributed by atoms with Crippen LogP contribution in [-0.2, 0) is 16.0 Å². The van der Waals surface area contributed by atoms with Gasteiger partial charge in [-0.2, -0.15) is 0 Å². The lowest BCUT2D eigenvalue weighted by Gasteiger charge is -2.28. The highest BCUT2D eigenvalue weighted by atomic mass is 16.5. The Morgan fingerprint density at radius 1 is 0.912 bits per heavy atom. The molecular weight excluding hydrogens is 446 g/mol. The normalized spacial score (nSPS) is 12.8. The van der Waals surface area contributed by atoms with Crippen molar-refractivity contribution in [1.82, 2.24) is 9.80 Å². The molecule has 0 aliphatic heterocycles. The van der Waals surface area contributed by atoms with Crippen molar-refractivity contribution in [2.45, 2.75) is 39.4 Å². The summed E-state index contributed by atoms with van der Waals surface area (Å²) in [6, 6.07) is 0. The van der Waals surface area contributed by atoms with Gasteiger partial charge in [0, 0.05) is 51.1 Å². The van der Waals surface area contributed by atoms with Gasteiger partial charge in [0.1, 0.15) is 6.61 Å². The summed E-state index contributed by atoms with van der Waals surface area (Å²) in [5, 5.41) is 40.6. The molecule has 0 heterocycles. The molecule has 0 aliphatic rings. The Morgan fingerprint density at radius 2 is 1.32 bits per heavy atom. The first-order valence-electron chi connectivity index (χ1n) is 11.0. The Morgan fingerprint density at radius 3 is 1.65 bits per heavy atom. The molecule has 11 nitrogen and oxygen atoms in total. The summed E-state index contributed by atoms with van der Waals surface area (Å²) in [4.78, 5) is 41.7. The summed E-state index contributed by atoms with van der Waals surface area (Å²) >= 11 is 0. The molecule has 1 aromatic rings. The molecule has 0 saturated heterocycles. The van der Waals surface area contributed by atoms with Crippen molar-refractivity contribution in [2.24, 2.45) is 0 Å². The van der Waals surface area contributed by atoms with Gasteiger partial charge in [-0.3, -0.25) is 14.4 Å². The Bertz CT molecular complexity index is 832. The highest BCUT2D eigenvalue weighted by molar-refractivity contribution is 6.08. The summed E-state index contributed by atoms with van der Waals surface area (Å²) < 4.78 is 4.88. The minimum atomic E-state index is -1.14. The zero-order valence-corrected chi connectivity index (χ0v) is 20.7. The number of hydrogen-bond acceptors (Lipinski definition) is 8. The number of amides is 3. The fraction of sp³-hybridized carbons (Fsp3) is 0.609. The first kappa shape index (κ1) is 29.5. The van der Waals surface area contributed by atoms with Crippen molar-refractivity contribution in [3.8, 4) is 0 Å². The van der Waals surface area contributed by atoms with Gasteiger partial charge in [-0.25, -0.2) is 0 Å². The maximum absolute atomic E-state index is 13.4. The number of ether oxygens (including phenoxy) is 1. The Balaban J connectivity index is 3.77. The second-order valence-electron chi connectivity index (χ2n) is 8.23. The van der Waals surface area contributed by atoms with Crippen LogP contribution >= 0.6 is 0 Å². The predicted octanol–water partition coefficient (Wildman–Crippen LogP) is -0.699. The topological polar surface area (TPSA) is 160 Å². The minimum Gasteiger partial charge on any atom is -0.394 e. The van der Waals surface area contributed by atoms with Crippen molar-refractivity contribution >= 4 is 23.4 Å². The van der Waals surface area contributed by atoms with E-state index in [4.69, 9.17) is 14.9 Å². The summed E-state index contributed by atoms with van der Waals surface area (Å²) in [7, 11) is 4.30. The third-order valence-electron chi connectivity index (χ3n) is 5.51. The monoisotopic (exact) mass is 483 g/mol. The lowest BCUT2D eigenvalue weighted by molar-refractivity contribution is -0.119. The van der Waals surface area contributed by atoms with Crippen LogP contribution in [0.4, 0.5) is 5.69 Å². The molecule has 0 aromatic heterocycles.